The molecule has 0 unspecified atom stereocenters. The number of rotatable bonds is 6. The fraction of sp³-hybridized carbons (Fsp3) is 0.417. The van der Waals surface area contributed by atoms with Crippen molar-refractivity contribution in [2.24, 2.45) is 0 Å². The molecule has 0 radical (unpaired) electrons. The Hall–Kier alpha value is -1.15. The van der Waals surface area contributed by atoms with Gasteiger partial charge >= 0.3 is 0 Å². The smallest absolute Gasteiger partial charge is 0.0270 e. The van der Waals surface area contributed by atoms with Gasteiger partial charge in [0.1, 0.15) is 0 Å². The molecule has 1 N–H and O–H groups in total. The summed E-state index contributed by atoms with van der Waals surface area (Å²) in [5.41, 5.74) is 2.57. The lowest BCUT2D eigenvalue weighted by Gasteiger charge is -2.04. The van der Waals surface area contributed by atoms with Crippen LogP contribution in [0.25, 0.3) is 0 Å². The molecule has 76 valence electrons. The second kappa shape index (κ2) is 6.33. The lowest BCUT2D eigenvalue weighted by atomic mass is 10.2. The van der Waals surface area contributed by atoms with Crippen molar-refractivity contribution < 1.29 is 0 Å². The lowest BCUT2D eigenvalue weighted by molar-refractivity contribution is 0.679. The molecule has 1 heterocycles. The van der Waals surface area contributed by atoms with Crippen LogP contribution in [0.1, 0.15) is 18.9 Å². The molecule has 0 aliphatic carbocycles. The van der Waals surface area contributed by atoms with Gasteiger partial charge in [-0.2, -0.15) is 0 Å². The lowest BCUT2D eigenvalue weighted by Crippen LogP contribution is -2.18. The van der Waals surface area contributed by atoms with Gasteiger partial charge in [0.05, 0.1) is 0 Å². The summed E-state index contributed by atoms with van der Waals surface area (Å²) in [6.45, 7) is 7.98. The third-order valence-corrected chi connectivity index (χ3v) is 2.07. The maximum Gasteiger partial charge on any atom is 0.0270 e. The standard InChI is InChI=1S/C12H18N2/c1-11(2)3-7-13-8-4-12-5-9-14-10-6-12/h5-6,9-10,13H,1,3-4,7-8H2,2H3. The molecule has 0 atom stereocenters. The van der Waals surface area contributed by atoms with Crippen LogP contribution in [0.5, 0.6) is 0 Å². The Labute approximate surface area is 86.1 Å². The number of hydrogen-bond donors (Lipinski definition) is 1. The first-order valence-corrected chi connectivity index (χ1v) is 5.03. The van der Waals surface area contributed by atoms with Gasteiger partial charge in [-0.1, -0.05) is 5.57 Å². The summed E-state index contributed by atoms with van der Waals surface area (Å²) in [4.78, 5) is 3.98. The zero-order chi connectivity index (χ0) is 10.2. The van der Waals surface area contributed by atoms with E-state index in [9.17, 15) is 0 Å². The van der Waals surface area contributed by atoms with Gasteiger partial charge in [0.2, 0.25) is 0 Å². The predicted octanol–water partition coefficient (Wildman–Crippen LogP) is 2.18. The molecular formula is C12H18N2. The van der Waals surface area contributed by atoms with Crippen molar-refractivity contribution >= 4 is 0 Å². The summed E-state index contributed by atoms with van der Waals surface area (Å²) in [6.07, 6.45) is 5.81. The summed E-state index contributed by atoms with van der Waals surface area (Å²) in [7, 11) is 0. The summed E-state index contributed by atoms with van der Waals surface area (Å²) >= 11 is 0. The van der Waals surface area contributed by atoms with Gasteiger partial charge in [0.15, 0.2) is 0 Å². The molecule has 0 fully saturated rings. The predicted molar refractivity (Wildman–Crippen MR) is 60.2 cm³/mol. The zero-order valence-electron chi connectivity index (χ0n) is 8.79. The van der Waals surface area contributed by atoms with Crippen LogP contribution in [0.4, 0.5) is 0 Å². The minimum atomic E-state index is 1.03. The molecule has 0 spiro atoms. The first kappa shape index (κ1) is 10.9. The van der Waals surface area contributed by atoms with Gasteiger partial charge in [-0.25, -0.2) is 0 Å². The molecule has 1 rings (SSSR count). The van der Waals surface area contributed by atoms with E-state index in [-0.39, 0.29) is 0 Å². The van der Waals surface area contributed by atoms with Crippen LogP contribution in [0.2, 0.25) is 0 Å². The van der Waals surface area contributed by atoms with Gasteiger partial charge < -0.3 is 5.32 Å². The third kappa shape index (κ3) is 4.77. The van der Waals surface area contributed by atoms with Crippen LogP contribution in [0.3, 0.4) is 0 Å². The Morgan fingerprint density at radius 1 is 1.36 bits per heavy atom. The van der Waals surface area contributed by atoms with Crippen LogP contribution in [0.15, 0.2) is 36.7 Å². The van der Waals surface area contributed by atoms with E-state index in [0.717, 1.165) is 25.9 Å². The number of nitrogens with zero attached hydrogens (tertiary/aromatic N) is 1. The minimum absolute atomic E-state index is 1.03. The van der Waals surface area contributed by atoms with Crippen molar-refractivity contribution in [1.29, 1.82) is 0 Å². The van der Waals surface area contributed by atoms with E-state index >= 15 is 0 Å². The molecule has 1 aromatic rings. The van der Waals surface area contributed by atoms with Crippen LogP contribution in [-0.4, -0.2) is 18.1 Å². The Bertz CT molecular complexity index is 267. The van der Waals surface area contributed by atoms with E-state index in [1.165, 1.54) is 11.1 Å². The molecular weight excluding hydrogens is 172 g/mol. The van der Waals surface area contributed by atoms with Crippen molar-refractivity contribution in [2.75, 3.05) is 13.1 Å². The van der Waals surface area contributed by atoms with E-state index < -0.39 is 0 Å². The second-order valence-corrected chi connectivity index (χ2v) is 3.56. The summed E-state index contributed by atoms with van der Waals surface area (Å²) < 4.78 is 0. The molecule has 0 aliphatic rings. The summed E-state index contributed by atoms with van der Waals surface area (Å²) in [5.74, 6) is 0. The molecule has 0 aliphatic heterocycles. The van der Waals surface area contributed by atoms with Crippen molar-refractivity contribution in [3.05, 3.63) is 42.2 Å². The molecule has 0 amide bonds. The van der Waals surface area contributed by atoms with Gasteiger partial charge in [0.25, 0.3) is 0 Å². The molecule has 0 aromatic carbocycles. The van der Waals surface area contributed by atoms with Crippen molar-refractivity contribution in [1.82, 2.24) is 10.3 Å². The van der Waals surface area contributed by atoms with Crippen LogP contribution in [-0.2, 0) is 6.42 Å². The van der Waals surface area contributed by atoms with Crippen molar-refractivity contribution in [3.8, 4) is 0 Å². The topological polar surface area (TPSA) is 24.9 Å². The van der Waals surface area contributed by atoms with E-state index in [1.54, 1.807) is 0 Å². The quantitative estimate of drug-likeness (QED) is 0.549. The maximum atomic E-state index is 3.98. The fourth-order valence-corrected chi connectivity index (χ4v) is 1.21. The SMILES string of the molecule is C=C(C)CCNCCc1ccncc1. The van der Waals surface area contributed by atoms with Gasteiger partial charge in [-0.3, -0.25) is 4.98 Å². The highest BCUT2D eigenvalue weighted by Crippen LogP contribution is 1.96. The zero-order valence-corrected chi connectivity index (χ0v) is 8.79. The highest BCUT2D eigenvalue weighted by atomic mass is 14.8. The molecule has 2 heteroatoms. The van der Waals surface area contributed by atoms with Crippen LogP contribution < -0.4 is 5.32 Å². The highest BCUT2D eigenvalue weighted by Gasteiger charge is 1.91. The molecule has 0 saturated carbocycles. The third-order valence-electron chi connectivity index (χ3n) is 2.07. The largest absolute Gasteiger partial charge is 0.316 e. The summed E-state index contributed by atoms with van der Waals surface area (Å²) in [6, 6.07) is 4.11. The number of hydrogen-bond acceptors (Lipinski definition) is 2. The van der Waals surface area contributed by atoms with Crippen molar-refractivity contribution in [2.45, 2.75) is 19.8 Å². The first-order chi connectivity index (χ1) is 6.79. The second-order valence-electron chi connectivity index (χ2n) is 3.56. The van der Waals surface area contributed by atoms with E-state index in [0.29, 0.717) is 0 Å². The van der Waals surface area contributed by atoms with Crippen molar-refractivity contribution in [3.63, 3.8) is 0 Å². The maximum absolute atomic E-state index is 3.98. The monoisotopic (exact) mass is 190 g/mol. The normalized spacial score (nSPS) is 10.1. The average Bonchev–Trinajstić information content (AvgIpc) is 2.18. The van der Waals surface area contributed by atoms with E-state index in [2.05, 4.69) is 35.9 Å². The van der Waals surface area contributed by atoms with Gasteiger partial charge in [0, 0.05) is 12.4 Å². The van der Waals surface area contributed by atoms with Crippen LogP contribution >= 0.6 is 0 Å². The highest BCUT2D eigenvalue weighted by molar-refractivity contribution is 5.09. The average molecular weight is 190 g/mol. The van der Waals surface area contributed by atoms with Gasteiger partial charge in [-0.15, -0.1) is 6.58 Å². The summed E-state index contributed by atoms with van der Waals surface area (Å²) in [5, 5.41) is 3.38. The Morgan fingerprint density at radius 3 is 2.71 bits per heavy atom. The Morgan fingerprint density at radius 2 is 2.07 bits per heavy atom. The van der Waals surface area contributed by atoms with Gasteiger partial charge in [-0.05, 0) is 50.6 Å². The van der Waals surface area contributed by atoms with Crippen LogP contribution in [0, 0.1) is 0 Å². The number of aromatic nitrogens is 1. The minimum Gasteiger partial charge on any atom is -0.316 e. The number of pyridine rings is 1. The Balaban J connectivity index is 2.08. The molecule has 2 nitrogen and oxygen atoms in total. The molecule has 14 heavy (non-hydrogen) atoms. The van der Waals surface area contributed by atoms with E-state index in [1.807, 2.05) is 12.4 Å². The van der Waals surface area contributed by atoms with E-state index in [4.69, 9.17) is 0 Å². The molecule has 0 saturated heterocycles. The first-order valence-electron chi connectivity index (χ1n) is 5.03. The fourth-order valence-electron chi connectivity index (χ4n) is 1.21. The molecule has 1 aromatic heterocycles. The Kier molecular flexibility index (Phi) is 4.94. The number of nitrogens with one attached hydrogen (secondary N) is 1. The molecule has 0 bridgehead atoms.